The molecule has 3 rings (SSSR count). The number of nitrogens with one attached hydrogen (secondary N) is 1. The standard InChI is InChI=1S/C17H28N2O2/c1-12(2)14-15(20)19(11-13-7-3-4-8-13)17(16(21)18-14)9-5-6-10-17/h12-14H,3-11H2,1-2H3,(H,18,21). The van der Waals surface area contributed by atoms with Crippen molar-refractivity contribution in [3.05, 3.63) is 0 Å². The van der Waals surface area contributed by atoms with Gasteiger partial charge >= 0.3 is 0 Å². The fourth-order valence-corrected chi connectivity index (χ4v) is 4.46. The van der Waals surface area contributed by atoms with Gasteiger partial charge in [0.05, 0.1) is 0 Å². The smallest absolute Gasteiger partial charge is 0.246 e. The van der Waals surface area contributed by atoms with E-state index in [1.54, 1.807) is 0 Å². The van der Waals surface area contributed by atoms with Gasteiger partial charge in [-0.2, -0.15) is 0 Å². The van der Waals surface area contributed by atoms with E-state index in [0.29, 0.717) is 5.92 Å². The van der Waals surface area contributed by atoms with Crippen LogP contribution >= 0.6 is 0 Å². The van der Waals surface area contributed by atoms with Crippen molar-refractivity contribution in [3.8, 4) is 0 Å². The molecule has 0 radical (unpaired) electrons. The van der Waals surface area contributed by atoms with Crippen molar-refractivity contribution in [2.45, 2.75) is 76.8 Å². The maximum atomic E-state index is 13.0. The Labute approximate surface area is 127 Å². The zero-order valence-electron chi connectivity index (χ0n) is 13.4. The first-order chi connectivity index (χ1) is 10.0. The first-order valence-corrected chi connectivity index (χ1v) is 8.67. The third kappa shape index (κ3) is 2.47. The van der Waals surface area contributed by atoms with Crippen molar-refractivity contribution in [1.29, 1.82) is 0 Å². The Morgan fingerprint density at radius 2 is 1.76 bits per heavy atom. The zero-order chi connectivity index (χ0) is 15.0. The summed E-state index contributed by atoms with van der Waals surface area (Å²) in [6.45, 7) is 4.84. The highest BCUT2D eigenvalue weighted by Crippen LogP contribution is 2.40. The molecular weight excluding hydrogens is 264 g/mol. The number of carbonyl (C=O) groups excluding carboxylic acids is 2. The molecular formula is C17H28N2O2. The topological polar surface area (TPSA) is 49.4 Å². The second kappa shape index (κ2) is 5.62. The molecule has 1 saturated heterocycles. The Hall–Kier alpha value is -1.06. The van der Waals surface area contributed by atoms with Crippen LogP contribution in [-0.4, -0.2) is 34.8 Å². The Bertz CT molecular complexity index is 421. The van der Waals surface area contributed by atoms with E-state index >= 15 is 0 Å². The van der Waals surface area contributed by atoms with Gasteiger partial charge in [-0.25, -0.2) is 0 Å². The van der Waals surface area contributed by atoms with Crippen molar-refractivity contribution < 1.29 is 9.59 Å². The van der Waals surface area contributed by atoms with Crippen LogP contribution in [0.5, 0.6) is 0 Å². The molecule has 0 aromatic rings. The molecule has 0 aromatic carbocycles. The molecule has 1 atom stereocenters. The third-order valence-electron chi connectivity index (χ3n) is 5.77. The maximum Gasteiger partial charge on any atom is 0.246 e. The van der Waals surface area contributed by atoms with E-state index in [0.717, 1.165) is 32.2 Å². The van der Waals surface area contributed by atoms with Gasteiger partial charge in [0.25, 0.3) is 0 Å². The molecule has 21 heavy (non-hydrogen) atoms. The molecule has 1 heterocycles. The lowest BCUT2D eigenvalue weighted by atomic mass is 9.85. The molecule has 1 N–H and O–H groups in total. The molecule has 0 aromatic heterocycles. The molecule has 1 aliphatic heterocycles. The highest BCUT2D eigenvalue weighted by molar-refractivity contribution is 6.00. The first kappa shape index (κ1) is 14.9. The lowest BCUT2D eigenvalue weighted by molar-refractivity contribution is -0.159. The summed E-state index contributed by atoms with van der Waals surface area (Å²) in [4.78, 5) is 27.7. The monoisotopic (exact) mass is 292 g/mol. The van der Waals surface area contributed by atoms with Crippen molar-refractivity contribution >= 4 is 11.8 Å². The van der Waals surface area contributed by atoms with E-state index in [2.05, 4.69) is 5.32 Å². The van der Waals surface area contributed by atoms with Crippen LogP contribution in [-0.2, 0) is 9.59 Å². The van der Waals surface area contributed by atoms with Crippen molar-refractivity contribution in [2.75, 3.05) is 6.54 Å². The normalized spacial score (nSPS) is 29.7. The van der Waals surface area contributed by atoms with Gasteiger partial charge in [0.2, 0.25) is 11.8 Å². The fraction of sp³-hybridized carbons (Fsp3) is 0.882. The second-order valence-corrected chi connectivity index (χ2v) is 7.53. The van der Waals surface area contributed by atoms with E-state index in [9.17, 15) is 9.59 Å². The molecule has 0 bridgehead atoms. The largest absolute Gasteiger partial charge is 0.342 e. The summed E-state index contributed by atoms with van der Waals surface area (Å²) in [6, 6.07) is -0.329. The molecule has 2 saturated carbocycles. The van der Waals surface area contributed by atoms with Gasteiger partial charge in [-0.05, 0) is 37.5 Å². The minimum atomic E-state index is -0.523. The lowest BCUT2D eigenvalue weighted by Crippen LogP contribution is -2.71. The van der Waals surface area contributed by atoms with Crippen LogP contribution in [0.2, 0.25) is 0 Å². The van der Waals surface area contributed by atoms with Crippen LogP contribution in [0.3, 0.4) is 0 Å². The quantitative estimate of drug-likeness (QED) is 0.868. The van der Waals surface area contributed by atoms with E-state index in [-0.39, 0.29) is 23.8 Å². The molecule has 1 unspecified atom stereocenters. The van der Waals surface area contributed by atoms with Crippen LogP contribution in [0.15, 0.2) is 0 Å². The molecule has 3 aliphatic rings. The average molecular weight is 292 g/mol. The first-order valence-electron chi connectivity index (χ1n) is 8.67. The third-order valence-corrected chi connectivity index (χ3v) is 5.77. The molecule has 3 fully saturated rings. The number of nitrogens with zero attached hydrogens (tertiary/aromatic N) is 1. The number of piperazine rings is 1. The molecule has 4 nitrogen and oxygen atoms in total. The number of hydrogen-bond acceptors (Lipinski definition) is 2. The van der Waals surface area contributed by atoms with Gasteiger partial charge < -0.3 is 10.2 Å². The Balaban J connectivity index is 1.87. The van der Waals surface area contributed by atoms with Crippen molar-refractivity contribution in [2.24, 2.45) is 11.8 Å². The highest BCUT2D eigenvalue weighted by atomic mass is 16.2. The summed E-state index contributed by atoms with van der Waals surface area (Å²) in [5.41, 5.74) is -0.523. The summed E-state index contributed by atoms with van der Waals surface area (Å²) in [7, 11) is 0. The summed E-state index contributed by atoms with van der Waals surface area (Å²) < 4.78 is 0. The predicted molar refractivity (Wildman–Crippen MR) is 81.6 cm³/mol. The van der Waals surface area contributed by atoms with E-state index < -0.39 is 5.54 Å². The molecule has 2 amide bonds. The van der Waals surface area contributed by atoms with Gasteiger partial charge in [0.15, 0.2) is 0 Å². The summed E-state index contributed by atoms with van der Waals surface area (Å²) in [6.07, 6.45) is 8.81. The Morgan fingerprint density at radius 1 is 1.14 bits per heavy atom. The fourth-order valence-electron chi connectivity index (χ4n) is 4.46. The minimum Gasteiger partial charge on any atom is -0.342 e. The van der Waals surface area contributed by atoms with E-state index in [4.69, 9.17) is 0 Å². The van der Waals surface area contributed by atoms with Crippen molar-refractivity contribution in [3.63, 3.8) is 0 Å². The second-order valence-electron chi connectivity index (χ2n) is 7.53. The van der Waals surface area contributed by atoms with Gasteiger partial charge in [-0.15, -0.1) is 0 Å². The van der Waals surface area contributed by atoms with E-state index in [1.165, 1.54) is 25.7 Å². The number of hydrogen-bond donors (Lipinski definition) is 1. The highest BCUT2D eigenvalue weighted by Gasteiger charge is 2.54. The van der Waals surface area contributed by atoms with Crippen LogP contribution in [0.25, 0.3) is 0 Å². The number of carbonyl (C=O) groups is 2. The predicted octanol–water partition coefficient (Wildman–Crippen LogP) is 2.47. The summed E-state index contributed by atoms with van der Waals surface area (Å²) in [5.74, 6) is 1.03. The van der Waals surface area contributed by atoms with Crippen LogP contribution in [0.1, 0.15) is 65.2 Å². The summed E-state index contributed by atoms with van der Waals surface area (Å²) >= 11 is 0. The molecule has 1 spiro atoms. The molecule has 118 valence electrons. The van der Waals surface area contributed by atoms with Gasteiger partial charge in [-0.1, -0.05) is 39.5 Å². The SMILES string of the molecule is CC(C)C1NC(=O)C2(CCCC2)N(CC2CCCC2)C1=O. The van der Waals surface area contributed by atoms with Crippen LogP contribution in [0, 0.1) is 11.8 Å². The van der Waals surface area contributed by atoms with Gasteiger partial charge in [0, 0.05) is 6.54 Å². The van der Waals surface area contributed by atoms with Gasteiger partial charge in [0.1, 0.15) is 11.6 Å². The zero-order valence-corrected chi connectivity index (χ0v) is 13.4. The average Bonchev–Trinajstić information content (AvgIpc) is 3.10. The molecule has 2 aliphatic carbocycles. The van der Waals surface area contributed by atoms with Gasteiger partial charge in [-0.3, -0.25) is 9.59 Å². The Kier molecular flexibility index (Phi) is 3.98. The van der Waals surface area contributed by atoms with E-state index in [1.807, 2.05) is 18.7 Å². The maximum absolute atomic E-state index is 13.0. The van der Waals surface area contributed by atoms with Crippen molar-refractivity contribution in [1.82, 2.24) is 10.2 Å². The minimum absolute atomic E-state index is 0.108. The van der Waals surface area contributed by atoms with Crippen LogP contribution in [0.4, 0.5) is 0 Å². The Morgan fingerprint density at radius 3 is 2.33 bits per heavy atom. The number of rotatable bonds is 3. The summed E-state index contributed by atoms with van der Waals surface area (Å²) in [5, 5.41) is 3.02. The number of amides is 2. The molecule has 4 heteroatoms. The van der Waals surface area contributed by atoms with Crippen LogP contribution < -0.4 is 5.32 Å². The lowest BCUT2D eigenvalue weighted by Gasteiger charge is -2.48.